The summed E-state index contributed by atoms with van der Waals surface area (Å²) in [7, 11) is -2.06. The van der Waals surface area contributed by atoms with Crippen molar-refractivity contribution < 1.29 is 13.2 Å². The van der Waals surface area contributed by atoms with Crippen molar-refractivity contribution in [3.8, 4) is 0 Å². The maximum absolute atomic E-state index is 11.8. The topological polar surface area (TPSA) is 80.2 Å². The minimum absolute atomic E-state index is 0.352. The Kier molecular flexibility index (Phi) is 4.56. The summed E-state index contributed by atoms with van der Waals surface area (Å²) in [5, 5.41) is 0.994. The minimum atomic E-state index is -3.75. The lowest BCUT2D eigenvalue weighted by atomic mass is 10.2. The Labute approximate surface area is 123 Å². The van der Waals surface area contributed by atoms with E-state index in [2.05, 4.69) is 5.43 Å². The third kappa shape index (κ3) is 4.30. The van der Waals surface area contributed by atoms with Crippen LogP contribution in [-0.2, 0) is 17.1 Å². The molecule has 1 aromatic heterocycles. The third-order valence-corrected chi connectivity index (χ3v) is 3.60. The van der Waals surface area contributed by atoms with Gasteiger partial charge in [-0.25, -0.2) is 8.42 Å². The van der Waals surface area contributed by atoms with E-state index in [1.54, 1.807) is 54.2 Å². The van der Waals surface area contributed by atoms with Gasteiger partial charge in [0, 0.05) is 18.7 Å². The van der Waals surface area contributed by atoms with E-state index in [1.165, 1.54) is 6.08 Å². The van der Waals surface area contributed by atoms with Gasteiger partial charge in [0.15, 0.2) is 0 Å². The van der Waals surface area contributed by atoms with E-state index in [-0.39, 0.29) is 0 Å². The first kappa shape index (κ1) is 15.0. The summed E-state index contributed by atoms with van der Waals surface area (Å²) in [4.78, 5) is 13.8. The van der Waals surface area contributed by atoms with Crippen molar-refractivity contribution in [2.75, 3.05) is 0 Å². The fourth-order valence-corrected chi connectivity index (χ4v) is 2.28. The number of hydrogen-bond donors (Lipinski definition) is 2. The molecule has 2 rings (SSSR count). The molecule has 0 spiro atoms. The van der Waals surface area contributed by atoms with Crippen LogP contribution < -0.4 is 10.3 Å². The predicted molar refractivity (Wildman–Crippen MR) is 80.4 cm³/mol. The third-order valence-electron chi connectivity index (χ3n) is 2.72. The average Bonchev–Trinajstić information content (AvgIpc) is 2.90. The lowest BCUT2D eigenvalue weighted by molar-refractivity contribution is 0.0937. The van der Waals surface area contributed by atoms with Gasteiger partial charge in [0.2, 0.25) is 0 Å². The summed E-state index contributed by atoms with van der Waals surface area (Å²) in [6.45, 7) is 0. The molecule has 0 radical (unpaired) electrons. The van der Waals surface area contributed by atoms with Crippen LogP contribution in [0.5, 0.6) is 0 Å². The van der Waals surface area contributed by atoms with Crippen molar-refractivity contribution in [2.45, 2.75) is 0 Å². The van der Waals surface area contributed by atoms with Gasteiger partial charge >= 0.3 is 0 Å². The first-order valence-corrected chi connectivity index (χ1v) is 7.69. The van der Waals surface area contributed by atoms with Crippen molar-refractivity contribution in [3.05, 3.63) is 65.3 Å². The number of aromatic nitrogens is 1. The van der Waals surface area contributed by atoms with Gasteiger partial charge in [-0.2, -0.15) is 0 Å². The van der Waals surface area contributed by atoms with Crippen molar-refractivity contribution in [2.24, 2.45) is 7.05 Å². The number of nitrogens with one attached hydrogen (secondary N) is 2. The Bertz CT molecular complexity index is 749. The quantitative estimate of drug-likeness (QED) is 0.816. The Hall–Kier alpha value is -2.38. The second-order valence-corrected chi connectivity index (χ2v) is 5.89. The summed E-state index contributed by atoms with van der Waals surface area (Å²) < 4.78 is 25.1. The molecule has 0 bridgehead atoms. The number of rotatable bonds is 5. The summed E-state index contributed by atoms with van der Waals surface area (Å²) in [6, 6.07) is 12.3. The molecule has 0 saturated carbocycles. The maximum atomic E-state index is 11.8. The van der Waals surface area contributed by atoms with Gasteiger partial charge in [0.25, 0.3) is 15.9 Å². The van der Waals surface area contributed by atoms with Crippen LogP contribution in [-0.4, -0.2) is 18.9 Å². The number of amides is 1. The fourth-order valence-electron chi connectivity index (χ4n) is 1.64. The van der Waals surface area contributed by atoms with Crippen LogP contribution in [0.1, 0.15) is 16.1 Å². The monoisotopic (exact) mass is 305 g/mol. The van der Waals surface area contributed by atoms with Gasteiger partial charge in [0.05, 0.1) is 0 Å². The number of nitrogens with zero attached hydrogens (tertiary/aromatic N) is 1. The van der Waals surface area contributed by atoms with Crippen LogP contribution in [0, 0.1) is 0 Å². The molecule has 110 valence electrons. The number of carbonyl (C=O) groups is 1. The Morgan fingerprint density at radius 2 is 1.86 bits per heavy atom. The largest absolute Gasteiger partial charge is 0.347 e. The van der Waals surface area contributed by atoms with E-state index >= 15 is 0 Å². The lowest BCUT2D eigenvalue weighted by Gasteiger charge is -2.06. The lowest BCUT2D eigenvalue weighted by Crippen LogP contribution is -2.41. The number of benzene rings is 1. The number of hydrazine groups is 1. The zero-order chi connectivity index (χ0) is 15.3. The molecular weight excluding hydrogens is 290 g/mol. The zero-order valence-corrected chi connectivity index (χ0v) is 12.2. The summed E-state index contributed by atoms with van der Waals surface area (Å²) in [5.41, 5.74) is 3.25. The summed E-state index contributed by atoms with van der Waals surface area (Å²) in [5.74, 6) is -0.529. The highest BCUT2D eigenvalue weighted by Crippen LogP contribution is 2.02. The highest BCUT2D eigenvalue weighted by Gasteiger charge is 2.11. The minimum Gasteiger partial charge on any atom is -0.347 e. The average molecular weight is 305 g/mol. The molecule has 21 heavy (non-hydrogen) atoms. The van der Waals surface area contributed by atoms with E-state index in [9.17, 15) is 13.2 Å². The molecule has 0 aliphatic carbocycles. The van der Waals surface area contributed by atoms with E-state index in [1.807, 2.05) is 10.9 Å². The Morgan fingerprint density at radius 1 is 1.14 bits per heavy atom. The summed E-state index contributed by atoms with van der Waals surface area (Å²) >= 11 is 0. The molecule has 0 fully saturated rings. The summed E-state index contributed by atoms with van der Waals surface area (Å²) in [6.07, 6.45) is 3.13. The smallest absolute Gasteiger partial charge is 0.282 e. The number of aryl methyl sites for hydroxylation is 1. The van der Waals surface area contributed by atoms with Crippen LogP contribution in [0.25, 0.3) is 6.08 Å². The maximum Gasteiger partial charge on any atom is 0.282 e. The molecule has 1 heterocycles. The van der Waals surface area contributed by atoms with Crippen LogP contribution in [0.3, 0.4) is 0 Å². The SMILES string of the molecule is Cn1cccc1C(=O)NNS(=O)(=O)/C=C/c1ccccc1. The molecule has 2 N–H and O–H groups in total. The molecule has 6 nitrogen and oxygen atoms in total. The Balaban J connectivity index is 1.97. The van der Waals surface area contributed by atoms with E-state index in [0.29, 0.717) is 5.69 Å². The van der Waals surface area contributed by atoms with Crippen LogP contribution in [0.2, 0.25) is 0 Å². The molecule has 0 atom stereocenters. The first-order chi connectivity index (χ1) is 9.98. The number of sulfonamides is 1. The highest BCUT2D eigenvalue weighted by molar-refractivity contribution is 7.92. The van der Waals surface area contributed by atoms with Crippen molar-refractivity contribution in [1.82, 2.24) is 14.8 Å². The van der Waals surface area contributed by atoms with Gasteiger partial charge in [0.1, 0.15) is 5.69 Å². The highest BCUT2D eigenvalue weighted by atomic mass is 32.2. The van der Waals surface area contributed by atoms with Crippen LogP contribution in [0.4, 0.5) is 0 Å². The molecule has 0 unspecified atom stereocenters. The van der Waals surface area contributed by atoms with Crippen molar-refractivity contribution >= 4 is 22.0 Å². The van der Waals surface area contributed by atoms with Gasteiger partial charge in [-0.1, -0.05) is 30.3 Å². The molecular formula is C14H15N3O3S. The van der Waals surface area contributed by atoms with Gasteiger partial charge in [-0.15, -0.1) is 4.83 Å². The Morgan fingerprint density at radius 3 is 2.48 bits per heavy atom. The van der Waals surface area contributed by atoms with E-state index < -0.39 is 15.9 Å². The van der Waals surface area contributed by atoms with Crippen LogP contribution >= 0.6 is 0 Å². The molecule has 0 saturated heterocycles. The molecule has 0 aliphatic heterocycles. The first-order valence-electron chi connectivity index (χ1n) is 6.14. The molecule has 7 heteroatoms. The molecule has 2 aromatic rings. The van der Waals surface area contributed by atoms with Gasteiger partial charge in [-0.3, -0.25) is 10.2 Å². The fraction of sp³-hybridized carbons (Fsp3) is 0.0714. The molecule has 1 aromatic carbocycles. The standard InChI is InChI=1S/C14H15N3O3S/c1-17-10-5-8-13(17)14(18)15-16-21(19,20)11-9-12-6-3-2-4-7-12/h2-11,16H,1H3,(H,15,18)/b11-9+. The van der Waals surface area contributed by atoms with E-state index in [0.717, 1.165) is 11.0 Å². The zero-order valence-electron chi connectivity index (χ0n) is 11.4. The predicted octanol–water partition coefficient (Wildman–Crippen LogP) is 1.26. The number of carbonyl (C=O) groups excluding carboxylic acids is 1. The van der Waals surface area contributed by atoms with E-state index in [4.69, 9.17) is 0 Å². The second-order valence-electron chi connectivity index (χ2n) is 4.32. The van der Waals surface area contributed by atoms with Gasteiger partial charge < -0.3 is 4.57 Å². The normalized spacial score (nSPS) is 11.7. The number of hydrogen-bond acceptors (Lipinski definition) is 3. The van der Waals surface area contributed by atoms with Crippen molar-refractivity contribution in [1.29, 1.82) is 0 Å². The molecule has 1 amide bonds. The van der Waals surface area contributed by atoms with Gasteiger partial charge in [-0.05, 0) is 23.8 Å². The van der Waals surface area contributed by atoms with Crippen LogP contribution in [0.15, 0.2) is 54.1 Å². The second kappa shape index (κ2) is 6.38. The van der Waals surface area contributed by atoms with Crippen molar-refractivity contribution in [3.63, 3.8) is 0 Å². The molecule has 0 aliphatic rings.